The van der Waals surface area contributed by atoms with Gasteiger partial charge in [0.25, 0.3) is 5.91 Å². The molecule has 1 aromatic carbocycles. The van der Waals surface area contributed by atoms with Crippen LogP contribution in [0.15, 0.2) is 47.6 Å². The summed E-state index contributed by atoms with van der Waals surface area (Å²) in [6.07, 6.45) is 4.10. The molecule has 0 unspecified atom stereocenters. The molecular weight excluding hydrogens is 478 g/mol. The first kappa shape index (κ1) is 26.1. The van der Waals surface area contributed by atoms with Gasteiger partial charge in [-0.05, 0) is 37.2 Å². The lowest BCUT2D eigenvalue weighted by Gasteiger charge is -2.31. The summed E-state index contributed by atoms with van der Waals surface area (Å²) in [5.41, 5.74) is 2.77. The fraction of sp³-hybridized carbons (Fsp3) is 0.391. The van der Waals surface area contributed by atoms with Crippen molar-refractivity contribution in [3.63, 3.8) is 0 Å². The molecular formula is C23H30ClN5O4S. The standard InChI is InChI=1S/C23H29N5O4S.ClH/c1-27-9-11-28(12-10-27)33(30,31)19-6-4-17(5-7-19)18-14-20-21(16-26-22(20)25-15-18)23(29)24-8-3-13-32-2;/h4-7,14-16H,3,8-13H2,1-2H3,(H,24,29)(H,25,26);1H. The minimum absolute atomic E-state index is 0. The highest BCUT2D eigenvalue weighted by Crippen LogP contribution is 2.27. The van der Waals surface area contributed by atoms with E-state index < -0.39 is 10.0 Å². The van der Waals surface area contributed by atoms with Gasteiger partial charge in [0.05, 0.1) is 10.5 Å². The number of methoxy groups -OCH3 is 1. The molecule has 1 amide bonds. The summed E-state index contributed by atoms with van der Waals surface area (Å²) >= 11 is 0. The van der Waals surface area contributed by atoms with E-state index in [4.69, 9.17) is 4.74 Å². The molecule has 3 aromatic rings. The van der Waals surface area contributed by atoms with Crippen molar-refractivity contribution >= 4 is 39.4 Å². The number of nitrogens with zero attached hydrogens (tertiary/aromatic N) is 3. The van der Waals surface area contributed by atoms with E-state index in [9.17, 15) is 13.2 Å². The average molecular weight is 508 g/mol. The van der Waals surface area contributed by atoms with E-state index in [0.29, 0.717) is 42.8 Å². The molecule has 4 rings (SSSR count). The number of carbonyl (C=O) groups excluding carboxylic acids is 1. The zero-order valence-corrected chi connectivity index (χ0v) is 20.9. The van der Waals surface area contributed by atoms with Crippen LogP contribution in [0.4, 0.5) is 0 Å². The maximum atomic E-state index is 13.0. The van der Waals surface area contributed by atoms with Crippen LogP contribution in [0, 0.1) is 0 Å². The Bertz CT molecular complexity index is 1220. The van der Waals surface area contributed by atoms with E-state index in [1.165, 1.54) is 4.31 Å². The Kier molecular flexibility index (Phi) is 8.67. The number of H-pyrrole nitrogens is 1. The van der Waals surface area contributed by atoms with E-state index in [-0.39, 0.29) is 23.2 Å². The second-order valence-electron chi connectivity index (χ2n) is 8.16. The van der Waals surface area contributed by atoms with Crippen molar-refractivity contribution in [2.75, 3.05) is 53.5 Å². The van der Waals surface area contributed by atoms with Crippen molar-refractivity contribution in [3.05, 3.63) is 48.3 Å². The van der Waals surface area contributed by atoms with E-state index in [1.54, 1.807) is 43.8 Å². The molecule has 184 valence electrons. The van der Waals surface area contributed by atoms with E-state index in [1.807, 2.05) is 13.1 Å². The van der Waals surface area contributed by atoms with Gasteiger partial charge in [0.15, 0.2) is 0 Å². The van der Waals surface area contributed by atoms with Gasteiger partial charge < -0.3 is 19.9 Å². The number of fused-ring (bicyclic) bond motifs is 1. The molecule has 1 aliphatic heterocycles. The van der Waals surface area contributed by atoms with Gasteiger partial charge in [-0.3, -0.25) is 4.79 Å². The fourth-order valence-electron chi connectivity index (χ4n) is 3.86. The number of amides is 1. The van der Waals surface area contributed by atoms with Gasteiger partial charge in [0.2, 0.25) is 10.0 Å². The number of aromatic amines is 1. The fourth-order valence-corrected chi connectivity index (χ4v) is 5.28. The van der Waals surface area contributed by atoms with Crippen molar-refractivity contribution in [1.29, 1.82) is 0 Å². The summed E-state index contributed by atoms with van der Waals surface area (Å²) in [6, 6.07) is 8.72. The molecule has 3 heterocycles. The minimum atomic E-state index is -3.52. The molecule has 0 spiro atoms. The number of likely N-dealkylation sites (N-methyl/N-ethyl adjacent to an activating group) is 1. The quantitative estimate of drug-likeness (QED) is 0.453. The molecule has 11 heteroatoms. The van der Waals surface area contributed by atoms with Gasteiger partial charge in [-0.15, -0.1) is 12.4 Å². The summed E-state index contributed by atoms with van der Waals surface area (Å²) in [5, 5.41) is 3.60. The SMILES string of the molecule is COCCCNC(=O)c1c[nH]c2ncc(-c3ccc(S(=O)(=O)N4CCN(C)CC4)cc3)cc12.Cl. The molecule has 0 atom stereocenters. The van der Waals surface area contributed by atoms with E-state index in [2.05, 4.69) is 20.2 Å². The molecule has 2 aromatic heterocycles. The second-order valence-corrected chi connectivity index (χ2v) is 10.1. The number of aromatic nitrogens is 2. The number of hydrogen-bond donors (Lipinski definition) is 2. The van der Waals surface area contributed by atoms with Gasteiger partial charge in [-0.2, -0.15) is 4.31 Å². The van der Waals surface area contributed by atoms with Crippen molar-refractivity contribution in [3.8, 4) is 11.1 Å². The highest BCUT2D eigenvalue weighted by atomic mass is 35.5. The van der Waals surface area contributed by atoms with E-state index in [0.717, 1.165) is 30.6 Å². The normalized spacial score (nSPS) is 15.2. The summed E-state index contributed by atoms with van der Waals surface area (Å²) in [4.78, 5) is 22.4. The van der Waals surface area contributed by atoms with Crippen molar-refractivity contribution in [1.82, 2.24) is 24.5 Å². The molecule has 1 saturated heterocycles. The first-order chi connectivity index (χ1) is 15.9. The van der Waals surface area contributed by atoms with Crippen LogP contribution in [0.25, 0.3) is 22.2 Å². The first-order valence-electron chi connectivity index (χ1n) is 10.9. The number of ether oxygens (including phenoxy) is 1. The van der Waals surface area contributed by atoms with Crippen LogP contribution in [0.5, 0.6) is 0 Å². The summed E-state index contributed by atoms with van der Waals surface area (Å²) in [5.74, 6) is -0.176. The highest BCUT2D eigenvalue weighted by molar-refractivity contribution is 7.89. The molecule has 34 heavy (non-hydrogen) atoms. The monoisotopic (exact) mass is 507 g/mol. The van der Waals surface area contributed by atoms with Crippen LogP contribution in [-0.2, 0) is 14.8 Å². The largest absolute Gasteiger partial charge is 0.385 e. The molecule has 0 aliphatic carbocycles. The van der Waals surface area contributed by atoms with Crippen LogP contribution in [0.2, 0.25) is 0 Å². The summed E-state index contributed by atoms with van der Waals surface area (Å²) in [7, 11) is 0.102. The lowest BCUT2D eigenvalue weighted by molar-refractivity contribution is 0.0950. The lowest BCUT2D eigenvalue weighted by Crippen LogP contribution is -2.46. The zero-order chi connectivity index (χ0) is 23.4. The zero-order valence-electron chi connectivity index (χ0n) is 19.3. The number of hydrogen-bond acceptors (Lipinski definition) is 6. The number of benzene rings is 1. The Labute approximate surface area is 206 Å². The van der Waals surface area contributed by atoms with Crippen LogP contribution < -0.4 is 5.32 Å². The number of nitrogens with one attached hydrogen (secondary N) is 2. The van der Waals surface area contributed by atoms with E-state index >= 15 is 0 Å². The lowest BCUT2D eigenvalue weighted by atomic mass is 10.1. The minimum Gasteiger partial charge on any atom is -0.385 e. The molecule has 9 nitrogen and oxygen atoms in total. The average Bonchev–Trinajstić information content (AvgIpc) is 3.25. The first-order valence-corrected chi connectivity index (χ1v) is 12.4. The Morgan fingerprint density at radius 3 is 2.53 bits per heavy atom. The Morgan fingerprint density at radius 1 is 1.15 bits per heavy atom. The third-order valence-corrected chi connectivity index (χ3v) is 7.79. The maximum Gasteiger partial charge on any atom is 0.253 e. The molecule has 1 aliphatic rings. The third kappa shape index (κ3) is 5.59. The second kappa shape index (κ2) is 11.3. The number of pyridine rings is 1. The Hall–Kier alpha value is -2.50. The van der Waals surface area contributed by atoms with Crippen molar-refractivity contribution < 1.29 is 17.9 Å². The van der Waals surface area contributed by atoms with Crippen molar-refractivity contribution in [2.24, 2.45) is 0 Å². The topological polar surface area (TPSA) is 108 Å². The van der Waals surface area contributed by atoms with Crippen molar-refractivity contribution in [2.45, 2.75) is 11.3 Å². The van der Waals surface area contributed by atoms with Gasteiger partial charge >= 0.3 is 0 Å². The molecule has 2 N–H and O–H groups in total. The molecule has 0 saturated carbocycles. The number of rotatable bonds is 8. The van der Waals surface area contributed by atoms with Gasteiger partial charge in [-0.25, -0.2) is 13.4 Å². The molecule has 0 radical (unpaired) electrons. The Balaban J connectivity index is 0.00000324. The highest BCUT2D eigenvalue weighted by Gasteiger charge is 2.27. The third-order valence-electron chi connectivity index (χ3n) is 5.87. The number of halogens is 1. The number of carbonyl (C=O) groups is 1. The smallest absolute Gasteiger partial charge is 0.253 e. The Morgan fingerprint density at radius 2 is 1.85 bits per heavy atom. The summed E-state index contributed by atoms with van der Waals surface area (Å²) in [6.45, 7) is 3.54. The predicted octanol–water partition coefficient (Wildman–Crippen LogP) is 2.35. The van der Waals surface area contributed by atoms with Crippen LogP contribution in [0.3, 0.4) is 0 Å². The van der Waals surface area contributed by atoms with Gasteiger partial charge in [0.1, 0.15) is 5.65 Å². The number of piperazine rings is 1. The van der Waals surface area contributed by atoms with Gasteiger partial charge in [0, 0.05) is 69.8 Å². The van der Waals surface area contributed by atoms with Crippen LogP contribution in [-0.4, -0.2) is 87.0 Å². The van der Waals surface area contributed by atoms with Gasteiger partial charge in [-0.1, -0.05) is 12.1 Å². The molecule has 1 fully saturated rings. The predicted molar refractivity (Wildman–Crippen MR) is 134 cm³/mol. The number of sulfonamides is 1. The van der Waals surface area contributed by atoms with Crippen LogP contribution >= 0.6 is 12.4 Å². The summed E-state index contributed by atoms with van der Waals surface area (Å²) < 4.78 is 32.5. The maximum absolute atomic E-state index is 13.0. The molecule has 0 bridgehead atoms. The van der Waals surface area contributed by atoms with Crippen LogP contribution in [0.1, 0.15) is 16.8 Å².